The predicted molar refractivity (Wildman–Crippen MR) is 190 cm³/mol. The van der Waals surface area contributed by atoms with Gasteiger partial charge in [-0.3, -0.25) is 24.1 Å². The molecule has 3 N–H and O–H groups in total. The average molecular weight is 668 g/mol. The van der Waals surface area contributed by atoms with Gasteiger partial charge in [-0.2, -0.15) is 0 Å². The summed E-state index contributed by atoms with van der Waals surface area (Å²) in [4.78, 5) is 60.5. The molecule has 1 unspecified atom stereocenters. The van der Waals surface area contributed by atoms with E-state index < -0.39 is 29.6 Å². The van der Waals surface area contributed by atoms with Crippen LogP contribution in [-0.2, 0) is 25.6 Å². The first kappa shape index (κ1) is 39.2. The Bertz CT molecular complexity index is 1270. The zero-order valence-electron chi connectivity index (χ0n) is 30.8. The maximum atomic E-state index is 14.2. The second kappa shape index (κ2) is 17.4. The van der Waals surface area contributed by atoms with Crippen LogP contribution in [-0.4, -0.2) is 106 Å². The summed E-state index contributed by atoms with van der Waals surface area (Å²) in [6.45, 7) is 16.9. The third-order valence-electron chi connectivity index (χ3n) is 9.85. The fourth-order valence-electron chi connectivity index (χ4n) is 7.04. The van der Waals surface area contributed by atoms with Crippen LogP contribution in [0.15, 0.2) is 42.0 Å². The number of hydrogen-bond acceptors (Lipinski definition) is 6. The molecule has 0 aromatic heterocycles. The molecule has 0 aliphatic carbocycles. The van der Waals surface area contributed by atoms with E-state index in [-0.39, 0.29) is 48.2 Å². The van der Waals surface area contributed by atoms with Crippen molar-refractivity contribution in [1.82, 2.24) is 25.3 Å². The van der Waals surface area contributed by atoms with Crippen molar-refractivity contribution < 1.29 is 24.3 Å². The highest BCUT2D eigenvalue weighted by molar-refractivity contribution is 5.97. The van der Waals surface area contributed by atoms with Gasteiger partial charge in [0, 0.05) is 25.2 Å². The van der Waals surface area contributed by atoms with Crippen LogP contribution in [0.3, 0.4) is 0 Å². The summed E-state index contributed by atoms with van der Waals surface area (Å²) >= 11 is 0. The van der Waals surface area contributed by atoms with Gasteiger partial charge in [0.2, 0.25) is 23.6 Å². The van der Waals surface area contributed by atoms with E-state index in [2.05, 4.69) is 29.4 Å². The standard InChI is InChI=1S/C38H61N5O5/c1-25(2)32(41(9)37(48)33(38(6,7)8)40-35(46)30-18-13-14-20-42(30)26(3)4)22-27(5)36(47)43-21-15-19-31(43)34(45)39-29(24-44)23-28-16-11-10-12-17-28/h10-12,16-17,22,25-26,29-33,44H,13-15,18-21,23-24H2,1-9H3,(H,39,45)(H,40,46)/t29-,30?,31-,32+,33+/m0/s1. The van der Waals surface area contributed by atoms with Crippen LogP contribution in [0.2, 0.25) is 0 Å². The largest absolute Gasteiger partial charge is 0.394 e. The van der Waals surface area contributed by atoms with Crippen molar-refractivity contribution in [1.29, 1.82) is 0 Å². The molecule has 48 heavy (non-hydrogen) atoms. The van der Waals surface area contributed by atoms with Gasteiger partial charge < -0.3 is 25.5 Å². The maximum absolute atomic E-state index is 14.2. The van der Waals surface area contributed by atoms with E-state index >= 15 is 0 Å². The zero-order valence-corrected chi connectivity index (χ0v) is 30.8. The second-order valence-corrected chi connectivity index (χ2v) is 15.4. The van der Waals surface area contributed by atoms with Crippen LogP contribution in [0, 0.1) is 11.3 Å². The number of hydrogen-bond donors (Lipinski definition) is 3. The van der Waals surface area contributed by atoms with Crippen LogP contribution >= 0.6 is 0 Å². The summed E-state index contributed by atoms with van der Waals surface area (Å²) in [5.41, 5.74) is 0.924. The summed E-state index contributed by atoms with van der Waals surface area (Å²) in [6, 6.07) is 7.39. The second-order valence-electron chi connectivity index (χ2n) is 15.4. The molecule has 1 aromatic carbocycles. The lowest BCUT2D eigenvalue weighted by Crippen LogP contribution is -2.60. The van der Waals surface area contributed by atoms with Crippen LogP contribution in [0.25, 0.3) is 0 Å². The molecule has 2 aliphatic rings. The van der Waals surface area contributed by atoms with Gasteiger partial charge in [0.25, 0.3) is 0 Å². The van der Waals surface area contributed by atoms with Gasteiger partial charge in [0.1, 0.15) is 12.1 Å². The van der Waals surface area contributed by atoms with Gasteiger partial charge in [-0.25, -0.2) is 0 Å². The first-order chi connectivity index (χ1) is 22.6. The number of rotatable bonds is 13. The normalized spacial score (nSPS) is 21.2. The van der Waals surface area contributed by atoms with Crippen molar-refractivity contribution in [2.75, 3.05) is 26.7 Å². The molecule has 0 radical (unpaired) electrons. The van der Waals surface area contributed by atoms with Crippen LogP contribution in [0.4, 0.5) is 0 Å². The van der Waals surface area contributed by atoms with E-state index in [1.807, 2.05) is 71.0 Å². The first-order valence-electron chi connectivity index (χ1n) is 17.8. The number of aliphatic hydroxyl groups is 1. The van der Waals surface area contributed by atoms with E-state index in [1.54, 1.807) is 23.8 Å². The molecule has 0 spiro atoms. The van der Waals surface area contributed by atoms with Crippen LogP contribution in [0.1, 0.15) is 93.1 Å². The van der Waals surface area contributed by atoms with Crippen molar-refractivity contribution in [2.45, 2.75) is 130 Å². The fraction of sp³-hybridized carbons (Fsp3) is 0.684. The third kappa shape index (κ3) is 10.1. The molecular formula is C38H61N5O5. The Balaban J connectivity index is 1.75. The minimum Gasteiger partial charge on any atom is -0.394 e. The number of carbonyl (C=O) groups is 4. The lowest BCUT2D eigenvalue weighted by molar-refractivity contribution is -0.142. The lowest BCUT2D eigenvalue weighted by atomic mass is 9.84. The molecule has 1 aromatic rings. The molecule has 268 valence electrons. The molecular weight excluding hydrogens is 606 g/mol. The SMILES string of the molecule is CC(=C[C@H](C(C)C)N(C)C(=O)[C@@H](NC(=O)C1CCCCN1C(C)C)C(C)(C)C)C(=O)N1CCC[C@H]1C(=O)N[C@H](CO)Cc1ccccc1. The Morgan fingerprint density at radius 1 is 0.938 bits per heavy atom. The van der Waals surface area contributed by atoms with Gasteiger partial charge in [-0.15, -0.1) is 0 Å². The highest BCUT2D eigenvalue weighted by atomic mass is 16.3. The molecule has 3 rings (SSSR count). The first-order valence-corrected chi connectivity index (χ1v) is 17.8. The van der Waals surface area contributed by atoms with Gasteiger partial charge in [0.15, 0.2) is 0 Å². The van der Waals surface area contributed by atoms with Gasteiger partial charge in [-0.05, 0) is 76.3 Å². The molecule has 0 saturated carbocycles. The van der Waals surface area contributed by atoms with E-state index in [0.717, 1.165) is 31.4 Å². The van der Waals surface area contributed by atoms with Gasteiger partial charge in [0.05, 0.1) is 24.7 Å². The highest BCUT2D eigenvalue weighted by Gasteiger charge is 2.40. The molecule has 0 bridgehead atoms. The van der Waals surface area contributed by atoms with Gasteiger partial charge in [-0.1, -0.05) is 77.4 Å². The summed E-state index contributed by atoms with van der Waals surface area (Å²) < 4.78 is 0. The predicted octanol–water partition coefficient (Wildman–Crippen LogP) is 3.92. The van der Waals surface area contributed by atoms with E-state index in [1.165, 1.54) is 0 Å². The number of likely N-dealkylation sites (tertiary alicyclic amines) is 2. The minimum absolute atomic E-state index is 0.0197. The highest BCUT2D eigenvalue weighted by Crippen LogP contribution is 2.27. The molecule has 10 heteroatoms. The monoisotopic (exact) mass is 667 g/mol. The molecule has 10 nitrogen and oxygen atoms in total. The number of amides is 4. The van der Waals surface area contributed by atoms with E-state index in [0.29, 0.717) is 31.4 Å². The molecule has 4 amide bonds. The molecule has 5 atom stereocenters. The Hall–Kier alpha value is -3.24. The smallest absolute Gasteiger partial charge is 0.249 e. The van der Waals surface area contributed by atoms with E-state index in [9.17, 15) is 24.3 Å². The zero-order chi connectivity index (χ0) is 35.8. The summed E-state index contributed by atoms with van der Waals surface area (Å²) in [6.07, 6.45) is 6.38. The number of likely N-dealkylation sites (N-methyl/N-ethyl adjacent to an activating group) is 1. The van der Waals surface area contributed by atoms with Crippen molar-refractivity contribution in [2.24, 2.45) is 11.3 Å². The Kier molecular flexibility index (Phi) is 14.2. The molecule has 2 saturated heterocycles. The fourth-order valence-corrected chi connectivity index (χ4v) is 7.04. The summed E-state index contributed by atoms with van der Waals surface area (Å²) in [7, 11) is 1.74. The summed E-state index contributed by atoms with van der Waals surface area (Å²) in [5.74, 6) is -0.846. The Morgan fingerprint density at radius 3 is 2.15 bits per heavy atom. The lowest BCUT2D eigenvalue weighted by Gasteiger charge is -2.41. The molecule has 2 heterocycles. The minimum atomic E-state index is -0.751. The van der Waals surface area contributed by atoms with Crippen molar-refractivity contribution in [3.05, 3.63) is 47.5 Å². The number of piperidine rings is 1. The average Bonchev–Trinajstić information content (AvgIpc) is 3.54. The number of nitrogens with zero attached hydrogens (tertiary/aromatic N) is 3. The Morgan fingerprint density at radius 2 is 1.56 bits per heavy atom. The quantitative estimate of drug-likeness (QED) is 0.274. The van der Waals surface area contributed by atoms with Crippen LogP contribution < -0.4 is 10.6 Å². The van der Waals surface area contributed by atoms with Crippen LogP contribution in [0.5, 0.6) is 0 Å². The summed E-state index contributed by atoms with van der Waals surface area (Å²) in [5, 5.41) is 16.1. The van der Waals surface area contributed by atoms with Crippen molar-refractivity contribution >= 4 is 23.6 Å². The number of carbonyl (C=O) groups excluding carboxylic acids is 4. The maximum Gasteiger partial charge on any atom is 0.249 e. The van der Waals surface area contributed by atoms with E-state index in [4.69, 9.17) is 0 Å². The van der Waals surface area contributed by atoms with Crippen molar-refractivity contribution in [3.63, 3.8) is 0 Å². The number of benzene rings is 1. The number of aliphatic hydroxyl groups excluding tert-OH is 1. The number of nitrogens with one attached hydrogen (secondary N) is 2. The third-order valence-corrected chi connectivity index (χ3v) is 9.85. The topological polar surface area (TPSA) is 122 Å². The van der Waals surface area contributed by atoms with Crippen molar-refractivity contribution in [3.8, 4) is 0 Å². The molecule has 2 aliphatic heterocycles. The van der Waals surface area contributed by atoms with Gasteiger partial charge >= 0.3 is 0 Å². The molecule has 2 fully saturated rings. The Labute approximate surface area is 288 Å².